The van der Waals surface area contributed by atoms with Crippen molar-refractivity contribution in [1.82, 2.24) is 10.9 Å². The number of nitrogens with one attached hydrogen (secondary N) is 2. The van der Waals surface area contributed by atoms with Crippen molar-refractivity contribution in [2.24, 2.45) is 10.9 Å². The molecule has 5 nitrogen and oxygen atoms in total. The molecule has 6 heteroatoms. The predicted molar refractivity (Wildman–Crippen MR) is 61.5 cm³/mol. The van der Waals surface area contributed by atoms with E-state index in [1.165, 1.54) is 0 Å². The van der Waals surface area contributed by atoms with Gasteiger partial charge in [0.2, 0.25) is 5.11 Å². The Kier molecular flexibility index (Phi) is 3.84. The number of hydrazine groups is 1. The highest BCUT2D eigenvalue weighted by Crippen LogP contribution is 2.02. The van der Waals surface area contributed by atoms with Crippen LogP contribution in [0.1, 0.15) is 5.56 Å². The van der Waals surface area contributed by atoms with Gasteiger partial charge in [-0.05, 0) is 29.9 Å². The molecule has 0 atom stereocenters. The van der Waals surface area contributed by atoms with Crippen LogP contribution in [0.15, 0.2) is 29.4 Å². The fourth-order valence-corrected chi connectivity index (χ4v) is 0.832. The Morgan fingerprint density at radius 2 is 2.00 bits per heavy atom. The Morgan fingerprint density at radius 3 is 2.57 bits per heavy atom. The highest BCUT2D eigenvalue weighted by atomic mass is 32.1. The summed E-state index contributed by atoms with van der Waals surface area (Å²) in [5, 5.41) is 4.10. The number of nitrogens with two attached hydrogens (primary N) is 2. The van der Waals surface area contributed by atoms with E-state index < -0.39 is 0 Å². The van der Waals surface area contributed by atoms with Gasteiger partial charge in [0.25, 0.3) is 0 Å². The molecule has 0 spiro atoms. The second kappa shape index (κ2) is 5.15. The first-order valence-electron chi connectivity index (χ1n) is 3.87. The topological polar surface area (TPSA) is 88.5 Å². The third-order valence-corrected chi connectivity index (χ3v) is 1.66. The number of anilines is 1. The number of benzene rings is 1. The molecule has 1 aromatic carbocycles. The van der Waals surface area contributed by atoms with Crippen LogP contribution in [-0.4, -0.2) is 11.3 Å². The van der Waals surface area contributed by atoms with Crippen LogP contribution in [0, 0.1) is 0 Å². The summed E-state index contributed by atoms with van der Waals surface area (Å²) < 4.78 is 0. The lowest BCUT2D eigenvalue weighted by Crippen LogP contribution is -2.37. The quantitative estimate of drug-likeness (QED) is 0.180. The van der Waals surface area contributed by atoms with Crippen molar-refractivity contribution >= 4 is 29.2 Å². The van der Waals surface area contributed by atoms with E-state index in [-0.39, 0.29) is 5.11 Å². The molecule has 0 heterocycles. The van der Waals surface area contributed by atoms with E-state index in [0.29, 0.717) is 5.69 Å². The smallest absolute Gasteiger partial charge is 0.201 e. The zero-order valence-electron chi connectivity index (χ0n) is 7.40. The van der Waals surface area contributed by atoms with E-state index in [9.17, 15) is 0 Å². The summed E-state index contributed by atoms with van der Waals surface area (Å²) in [5.41, 5.74) is 11.9. The van der Waals surface area contributed by atoms with E-state index in [0.717, 1.165) is 5.56 Å². The number of hydrazone groups is 1. The Labute approximate surface area is 87.1 Å². The van der Waals surface area contributed by atoms with Crippen molar-refractivity contribution in [2.45, 2.75) is 0 Å². The van der Waals surface area contributed by atoms with Crippen molar-refractivity contribution < 1.29 is 0 Å². The minimum Gasteiger partial charge on any atom is -0.399 e. The number of nitrogen functional groups attached to an aromatic ring is 1. The van der Waals surface area contributed by atoms with Crippen LogP contribution in [0.5, 0.6) is 0 Å². The van der Waals surface area contributed by atoms with Crippen LogP contribution in [-0.2, 0) is 0 Å². The third kappa shape index (κ3) is 3.38. The molecule has 0 aliphatic rings. The first-order valence-corrected chi connectivity index (χ1v) is 4.28. The zero-order chi connectivity index (χ0) is 10.4. The van der Waals surface area contributed by atoms with Crippen molar-refractivity contribution in [1.29, 1.82) is 0 Å². The van der Waals surface area contributed by atoms with Crippen molar-refractivity contribution in [2.75, 3.05) is 5.73 Å². The summed E-state index contributed by atoms with van der Waals surface area (Å²) >= 11 is 4.71. The van der Waals surface area contributed by atoms with Crippen LogP contribution in [0.2, 0.25) is 0 Å². The summed E-state index contributed by atoms with van der Waals surface area (Å²) in [4.78, 5) is 0. The Balaban J connectivity index is 2.52. The Bertz CT molecular complexity index is 332. The monoisotopic (exact) mass is 209 g/mol. The molecule has 0 aliphatic heterocycles. The Hall–Kier alpha value is -1.66. The van der Waals surface area contributed by atoms with Crippen molar-refractivity contribution in [3.05, 3.63) is 29.8 Å². The molecule has 0 aliphatic carbocycles. The number of hydrogen-bond acceptors (Lipinski definition) is 4. The van der Waals surface area contributed by atoms with E-state index in [1.807, 2.05) is 12.1 Å². The fraction of sp³-hybridized carbons (Fsp3) is 0. The molecule has 1 aromatic rings. The van der Waals surface area contributed by atoms with Gasteiger partial charge in [-0.15, -0.1) is 0 Å². The standard InChI is InChI=1S/C8H11N5S/c9-7-3-1-6(2-4-7)5-11-13-8(14)12-10/h1-5H,9-10H2,(H2,12,13,14)/b11-5+. The van der Waals surface area contributed by atoms with E-state index in [2.05, 4.69) is 16.0 Å². The lowest BCUT2D eigenvalue weighted by molar-refractivity contribution is 0.930. The maximum absolute atomic E-state index is 5.52. The number of hydrogen-bond donors (Lipinski definition) is 4. The van der Waals surface area contributed by atoms with E-state index >= 15 is 0 Å². The maximum Gasteiger partial charge on any atom is 0.201 e. The van der Waals surface area contributed by atoms with E-state index in [4.69, 9.17) is 23.8 Å². The van der Waals surface area contributed by atoms with Crippen LogP contribution in [0.4, 0.5) is 5.69 Å². The van der Waals surface area contributed by atoms with Gasteiger partial charge >= 0.3 is 0 Å². The molecule has 1 rings (SSSR count). The van der Waals surface area contributed by atoms with Crippen LogP contribution < -0.4 is 22.4 Å². The second-order valence-electron chi connectivity index (χ2n) is 2.51. The molecule has 0 bridgehead atoms. The van der Waals surface area contributed by atoms with Crippen molar-refractivity contribution in [3.63, 3.8) is 0 Å². The number of rotatable bonds is 2. The molecule has 0 fully saturated rings. The first kappa shape index (κ1) is 10.4. The molecule has 6 N–H and O–H groups in total. The highest BCUT2D eigenvalue weighted by molar-refractivity contribution is 7.80. The van der Waals surface area contributed by atoms with Gasteiger partial charge in [0, 0.05) is 5.69 Å². The average molecular weight is 209 g/mol. The van der Waals surface area contributed by atoms with Gasteiger partial charge < -0.3 is 5.73 Å². The van der Waals surface area contributed by atoms with Crippen LogP contribution in [0.3, 0.4) is 0 Å². The summed E-state index contributed by atoms with van der Waals surface area (Å²) in [6.45, 7) is 0. The lowest BCUT2D eigenvalue weighted by Gasteiger charge is -1.99. The van der Waals surface area contributed by atoms with Gasteiger partial charge in [-0.25, -0.2) is 5.84 Å². The second-order valence-corrected chi connectivity index (χ2v) is 2.92. The highest BCUT2D eigenvalue weighted by Gasteiger charge is 1.88. The summed E-state index contributed by atoms with van der Waals surface area (Å²) in [5.74, 6) is 5.03. The van der Waals surface area contributed by atoms with Gasteiger partial charge in [0.1, 0.15) is 0 Å². The molecule has 0 amide bonds. The predicted octanol–water partition coefficient (Wildman–Crippen LogP) is -0.0595. The first-order chi connectivity index (χ1) is 6.72. The normalized spacial score (nSPS) is 10.1. The molecular weight excluding hydrogens is 198 g/mol. The van der Waals surface area contributed by atoms with Gasteiger partial charge in [0.15, 0.2) is 0 Å². The number of thiocarbonyl (C=S) groups is 1. The number of nitrogens with zero attached hydrogens (tertiary/aromatic N) is 1. The fourth-order valence-electron chi connectivity index (χ4n) is 0.780. The lowest BCUT2D eigenvalue weighted by atomic mass is 10.2. The summed E-state index contributed by atoms with van der Waals surface area (Å²) in [6, 6.07) is 7.28. The van der Waals surface area contributed by atoms with Crippen LogP contribution in [0.25, 0.3) is 0 Å². The molecule has 14 heavy (non-hydrogen) atoms. The maximum atomic E-state index is 5.52. The van der Waals surface area contributed by atoms with Crippen molar-refractivity contribution in [3.8, 4) is 0 Å². The minimum atomic E-state index is 0.261. The van der Waals surface area contributed by atoms with Crippen LogP contribution >= 0.6 is 12.2 Å². The Morgan fingerprint density at radius 1 is 1.36 bits per heavy atom. The summed E-state index contributed by atoms with van der Waals surface area (Å²) in [6.07, 6.45) is 1.61. The molecular formula is C8H11N5S. The zero-order valence-corrected chi connectivity index (χ0v) is 8.21. The molecule has 0 aromatic heterocycles. The SMILES string of the molecule is NNC(=S)N/N=C/c1ccc(N)cc1. The average Bonchev–Trinajstić information content (AvgIpc) is 2.21. The largest absolute Gasteiger partial charge is 0.399 e. The van der Waals surface area contributed by atoms with Gasteiger partial charge in [-0.3, -0.25) is 10.9 Å². The molecule has 74 valence electrons. The van der Waals surface area contributed by atoms with E-state index in [1.54, 1.807) is 18.3 Å². The third-order valence-electron chi connectivity index (χ3n) is 1.45. The molecule has 0 saturated carbocycles. The van der Waals surface area contributed by atoms with Gasteiger partial charge in [-0.1, -0.05) is 12.1 Å². The van der Waals surface area contributed by atoms with Gasteiger partial charge in [-0.2, -0.15) is 5.10 Å². The molecule has 0 radical (unpaired) electrons. The molecule has 0 unspecified atom stereocenters. The minimum absolute atomic E-state index is 0.261. The van der Waals surface area contributed by atoms with Gasteiger partial charge in [0.05, 0.1) is 6.21 Å². The molecule has 0 saturated heterocycles. The summed E-state index contributed by atoms with van der Waals surface area (Å²) in [7, 11) is 0.